The summed E-state index contributed by atoms with van der Waals surface area (Å²) in [5.74, 6) is 0. The lowest BCUT2D eigenvalue weighted by Gasteiger charge is -2.04. The minimum Gasteiger partial charge on any atom is -0.375 e. The van der Waals surface area contributed by atoms with Crippen molar-refractivity contribution in [2.45, 2.75) is 26.4 Å². The van der Waals surface area contributed by atoms with Gasteiger partial charge in [0.15, 0.2) is 0 Å². The molecule has 2 heteroatoms. The maximum absolute atomic E-state index is 5.55. The van der Waals surface area contributed by atoms with Crippen LogP contribution in [0.4, 0.5) is 0 Å². The largest absolute Gasteiger partial charge is 0.375 e. The molecule has 2 rings (SSSR count). The highest BCUT2D eigenvalue weighted by molar-refractivity contribution is 5.78. The van der Waals surface area contributed by atoms with Crippen LogP contribution in [0.15, 0.2) is 36.4 Å². The quantitative estimate of drug-likeness (QED) is 0.711. The predicted octanol–water partition coefficient (Wildman–Crippen LogP) is 3.55. The van der Waals surface area contributed by atoms with Gasteiger partial charge in [0.2, 0.25) is 0 Å². The number of fused-ring (bicyclic) bond motifs is 1. The molecule has 1 aromatic heterocycles. The highest BCUT2D eigenvalue weighted by Crippen LogP contribution is 2.12. The van der Waals surface area contributed by atoms with Gasteiger partial charge in [-0.1, -0.05) is 37.6 Å². The molecule has 2 nitrogen and oxygen atoms in total. The highest BCUT2D eigenvalue weighted by atomic mass is 16.5. The third-order valence-electron chi connectivity index (χ3n) is 2.55. The van der Waals surface area contributed by atoms with Crippen LogP contribution in [-0.4, -0.2) is 11.6 Å². The number of benzene rings is 1. The van der Waals surface area contributed by atoms with Gasteiger partial charge >= 0.3 is 0 Å². The molecule has 2 aromatic rings. The van der Waals surface area contributed by atoms with Gasteiger partial charge in [-0.15, -0.1) is 0 Å². The van der Waals surface area contributed by atoms with Gasteiger partial charge in [-0.25, -0.2) is 0 Å². The van der Waals surface area contributed by atoms with Crippen molar-refractivity contribution >= 4 is 10.9 Å². The summed E-state index contributed by atoms with van der Waals surface area (Å²) in [4.78, 5) is 4.55. The fraction of sp³-hybridized carbons (Fsp3) is 0.357. The fourth-order valence-corrected chi connectivity index (χ4v) is 1.61. The fourth-order valence-electron chi connectivity index (χ4n) is 1.61. The summed E-state index contributed by atoms with van der Waals surface area (Å²) in [5, 5.41) is 1.18. The average molecular weight is 215 g/mol. The van der Waals surface area contributed by atoms with Crippen LogP contribution < -0.4 is 0 Å². The van der Waals surface area contributed by atoms with Gasteiger partial charge < -0.3 is 4.74 Å². The minimum absolute atomic E-state index is 0.616. The molecular weight excluding hydrogens is 198 g/mol. The predicted molar refractivity (Wildman–Crippen MR) is 66.3 cm³/mol. The molecule has 0 N–H and O–H groups in total. The van der Waals surface area contributed by atoms with Gasteiger partial charge in [0.25, 0.3) is 0 Å². The van der Waals surface area contributed by atoms with Crippen LogP contribution >= 0.6 is 0 Å². The Bertz CT molecular complexity index is 453. The summed E-state index contributed by atoms with van der Waals surface area (Å²) >= 11 is 0. The first kappa shape index (κ1) is 11.1. The normalized spacial score (nSPS) is 10.8. The molecule has 0 unspecified atom stereocenters. The smallest absolute Gasteiger partial charge is 0.0888 e. The molecule has 0 amide bonds. The molecule has 0 spiro atoms. The van der Waals surface area contributed by atoms with Gasteiger partial charge in [0.05, 0.1) is 17.8 Å². The van der Waals surface area contributed by atoms with Crippen LogP contribution in [0.2, 0.25) is 0 Å². The summed E-state index contributed by atoms with van der Waals surface area (Å²) < 4.78 is 5.55. The lowest BCUT2D eigenvalue weighted by atomic mass is 10.2. The Kier molecular flexibility index (Phi) is 3.89. The van der Waals surface area contributed by atoms with E-state index >= 15 is 0 Å². The third-order valence-corrected chi connectivity index (χ3v) is 2.55. The maximum Gasteiger partial charge on any atom is 0.0888 e. The van der Waals surface area contributed by atoms with E-state index in [4.69, 9.17) is 4.74 Å². The van der Waals surface area contributed by atoms with E-state index in [-0.39, 0.29) is 0 Å². The Labute approximate surface area is 96.3 Å². The first-order chi connectivity index (χ1) is 7.90. The third kappa shape index (κ3) is 2.80. The number of hydrogen-bond donors (Lipinski definition) is 0. The van der Waals surface area contributed by atoms with Gasteiger partial charge in [0.1, 0.15) is 0 Å². The Morgan fingerprint density at radius 2 is 2.00 bits per heavy atom. The first-order valence-electron chi connectivity index (χ1n) is 5.82. The Hall–Kier alpha value is -1.41. The molecule has 0 aliphatic carbocycles. The second-order valence-corrected chi connectivity index (χ2v) is 3.90. The van der Waals surface area contributed by atoms with Gasteiger partial charge in [-0.2, -0.15) is 0 Å². The molecule has 16 heavy (non-hydrogen) atoms. The number of aromatic nitrogens is 1. The van der Waals surface area contributed by atoms with Crippen molar-refractivity contribution in [2.24, 2.45) is 0 Å². The molecule has 0 atom stereocenters. The SMILES string of the molecule is CCCCOCc1ccc2ccccc2n1. The molecule has 0 fully saturated rings. The number of hydrogen-bond acceptors (Lipinski definition) is 2. The van der Waals surface area contributed by atoms with Crippen molar-refractivity contribution in [1.29, 1.82) is 0 Å². The zero-order valence-corrected chi connectivity index (χ0v) is 9.65. The number of ether oxygens (including phenoxy) is 1. The summed E-state index contributed by atoms with van der Waals surface area (Å²) in [6.45, 7) is 3.60. The van der Waals surface area contributed by atoms with Crippen molar-refractivity contribution in [1.82, 2.24) is 4.98 Å². The molecule has 0 saturated carbocycles. The molecule has 1 heterocycles. The molecule has 0 saturated heterocycles. The molecule has 0 aliphatic rings. The van der Waals surface area contributed by atoms with E-state index in [1.54, 1.807) is 0 Å². The summed E-state index contributed by atoms with van der Waals surface area (Å²) in [5.41, 5.74) is 2.05. The first-order valence-corrected chi connectivity index (χ1v) is 5.82. The molecular formula is C14H17NO. The van der Waals surface area contributed by atoms with Crippen LogP contribution in [-0.2, 0) is 11.3 Å². The van der Waals surface area contributed by atoms with E-state index < -0.39 is 0 Å². The van der Waals surface area contributed by atoms with E-state index in [0.717, 1.165) is 24.2 Å². The second-order valence-electron chi connectivity index (χ2n) is 3.90. The monoisotopic (exact) mass is 215 g/mol. The van der Waals surface area contributed by atoms with Gasteiger partial charge in [-0.05, 0) is 18.6 Å². The van der Waals surface area contributed by atoms with Crippen molar-refractivity contribution in [2.75, 3.05) is 6.61 Å². The Morgan fingerprint density at radius 3 is 2.88 bits per heavy atom. The second kappa shape index (κ2) is 5.61. The summed E-state index contributed by atoms with van der Waals surface area (Å²) in [6.07, 6.45) is 2.29. The lowest BCUT2D eigenvalue weighted by Crippen LogP contribution is -1.97. The highest BCUT2D eigenvalue weighted by Gasteiger charge is 1.97. The Balaban J connectivity index is 2.02. The van der Waals surface area contributed by atoms with Crippen LogP contribution in [0.5, 0.6) is 0 Å². The van der Waals surface area contributed by atoms with Crippen molar-refractivity contribution < 1.29 is 4.74 Å². The molecule has 0 aliphatic heterocycles. The van der Waals surface area contributed by atoms with Crippen LogP contribution in [0.1, 0.15) is 25.5 Å². The van der Waals surface area contributed by atoms with Crippen LogP contribution in [0.3, 0.4) is 0 Å². The zero-order valence-electron chi connectivity index (χ0n) is 9.65. The zero-order chi connectivity index (χ0) is 11.2. The van der Waals surface area contributed by atoms with E-state index in [1.165, 1.54) is 11.8 Å². The number of pyridine rings is 1. The molecule has 0 bridgehead atoms. The Morgan fingerprint density at radius 1 is 1.12 bits per heavy atom. The number of rotatable bonds is 5. The van der Waals surface area contributed by atoms with E-state index in [0.29, 0.717) is 6.61 Å². The van der Waals surface area contributed by atoms with E-state index in [2.05, 4.69) is 24.0 Å². The maximum atomic E-state index is 5.55. The minimum atomic E-state index is 0.616. The van der Waals surface area contributed by atoms with Gasteiger partial charge in [-0.3, -0.25) is 4.98 Å². The molecule has 84 valence electrons. The number of unbranched alkanes of at least 4 members (excludes halogenated alkanes) is 1. The van der Waals surface area contributed by atoms with E-state index in [1.807, 2.05) is 24.3 Å². The molecule has 0 radical (unpaired) electrons. The standard InChI is InChI=1S/C14H17NO/c1-2-3-10-16-11-13-9-8-12-6-4-5-7-14(12)15-13/h4-9H,2-3,10-11H2,1H3. The van der Waals surface area contributed by atoms with Crippen LogP contribution in [0, 0.1) is 0 Å². The van der Waals surface area contributed by atoms with Crippen molar-refractivity contribution in [3.05, 3.63) is 42.1 Å². The van der Waals surface area contributed by atoms with Crippen LogP contribution in [0.25, 0.3) is 10.9 Å². The lowest BCUT2D eigenvalue weighted by molar-refractivity contribution is 0.115. The van der Waals surface area contributed by atoms with E-state index in [9.17, 15) is 0 Å². The summed E-state index contributed by atoms with van der Waals surface area (Å²) in [7, 11) is 0. The summed E-state index contributed by atoms with van der Waals surface area (Å²) in [6, 6.07) is 12.3. The average Bonchev–Trinajstić information content (AvgIpc) is 2.34. The molecule has 1 aromatic carbocycles. The van der Waals surface area contributed by atoms with Crippen molar-refractivity contribution in [3.8, 4) is 0 Å². The topological polar surface area (TPSA) is 22.1 Å². The number of nitrogens with zero attached hydrogens (tertiary/aromatic N) is 1. The van der Waals surface area contributed by atoms with Crippen molar-refractivity contribution in [3.63, 3.8) is 0 Å². The number of para-hydroxylation sites is 1. The van der Waals surface area contributed by atoms with Gasteiger partial charge in [0, 0.05) is 12.0 Å².